The van der Waals surface area contributed by atoms with Gasteiger partial charge in [-0.2, -0.15) is 4.31 Å². The normalized spacial score (nSPS) is 17.2. The van der Waals surface area contributed by atoms with Gasteiger partial charge in [-0.05, 0) is 74.4 Å². The van der Waals surface area contributed by atoms with Crippen LogP contribution in [-0.4, -0.2) is 79.3 Å². The van der Waals surface area contributed by atoms with E-state index in [1.165, 1.54) is 19.2 Å². The smallest absolute Gasteiger partial charge is 0.242 e. The Hall–Kier alpha value is -4.53. The number of sulfonamides is 1. The van der Waals surface area contributed by atoms with Gasteiger partial charge in [-0.25, -0.2) is 12.8 Å². The van der Waals surface area contributed by atoms with Gasteiger partial charge in [0.1, 0.15) is 17.7 Å². The van der Waals surface area contributed by atoms with Crippen LogP contribution >= 0.6 is 0 Å². The molecule has 12 nitrogen and oxygen atoms in total. The Balaban J connectivity index is 1.41. The van der Waals surface area contributed by atoms with Crippen molar-refractivity contribution in [1.82, 2.24) is 9.21 Å². The zero-order valence-corrected chi connectivity index (χ0v) is 29.4. The highest BCUT2D eigenvalue weighted by Crippen LogP contribution is 2.30. The summed E-state index contributed by atoms with van der Waals surface area (Å²) in [4.78, 5) is 40.1. The van der Waals surface area contributed by atoms with Crippen molar-refractivity contribution in [2.45, 2.75) is 69.4 Å². The molecular formula is C36H46FN5O7S. The number of rotatable bonds is 14. The maximum absolute atomic E-state index is 13.5. The van der Waals surface area contributed by atoms with E-state index in [1.54, 1.807) is 54.3 Å². The topological polar surface area (TPSA) is 171 Å². The summed E-state index contributed by atoms with van der Waals surface area (Å²) in [6, 6.07) is 16.1. The number of carbonyl (C=O) groups excluding carboxylic acids is 3. The Kier molecular flexibility index (Phi) is 13.3. The van der Waals surface area contributed by atoms with Crippen molar-refractivity contribution in [2.24, 2.45) is 5.92 Å². The molecule has 0 unspecified atom stereocenters. The van der Waals surface area contributed by atoms with E-state index < -0.39 is 28.0 Å². The molecule has 50 heavy (non-hydrogen) atoms. The molecule has 0 aromatic heterocycles. The molecule has 0 radical (unpaired) electrons. The van der Waals surface area contributed by atoms with E-state index in [4.69, 9.17) is 10.5 Å². The van der Waals surface area contributed by atoms with Gasteiger partial charge < -0.3 is 31.1 Å². The second-order valence-corrected chi connectivity index (χ2v) is 14.7. The number of fused-ring (bicyclic) bond motifs is 1. The van der Waals surface area contributed by atoms with Crippen molar-refractivity contribution in [3.8, 4) is 5.75 Å². The number of ether oxygens (including phenoxy) is 1. The molecule has 3 aromatic rings. The minimum absolute atomic E-state index is 0.0662. The van der Waals surface area contributed by atoms with Crippen LogP contribution in [0.1, 0.15) is 51.5 Å². The van der Waals surface area contributed by atoms with E-state index in [0.29, 0.717) is 54.1 Å². The lowest BCUT2D eigenvalue weighted by atomic mass is 10.0. The highest BCUT2D eigenvalue weighted by Gasteiger charge is 2.33. The summed E-state index contributed by atoms with van der Waals surface area (Å²) in [5, 5.41) is 15.6. The number of halogens is 1. The van der Waals surface area contributed by atoms with Crippen molar-refractivity contribution in [3.05, 3.63) is 78.1 Å². The molecule has 1 aliphatic rings. The summed E-state index contributed by atoms with van der Waals surface area (Å²) in [6.07, 6.45) is 1.60. The van der Waals surface area contributed by atoms with Crippen molar-refractivity contribution in [2.75, 3.05) is 43.1 Å². The molecule has 3 aromatic carbocycles. The minimum atomic E-state index is -3.99. The minimum Gasteiger partial charge on any atom is -0.488 e. The number of benzene rings is 3. The first-order valence-corrected chi connectivity index (χ1v) is 18.1. The molecule has 3 atom stereocenters. The Labute approximate surface area is 292 Å². The number of nitrogens with two attached hydrogens (primary N) is 1. The van der Waals surface area contributed by atoms with E-state index in [-0.39, 0.29) is 61.1 Å². The Morgan fingerprint density at radius 1 is 1.04 bits per heavy atom. The van der Waals surface area contributed by atoms with Crippen LogP contribution in [0.15, 0.2) is 71.6 Å². The number of nitrogens with zero attached hydrogens (tertiary/aromatic N) is 2. The lowest BCUT2D eigenvalue weighted by molar-refractivity contribution is -0.134. The first-order valence-electron chi connectivity index (χ1n) is 16.6. The number of carbonyl (C=O) groups is 3. The molecule has 0 fully saturated rings. The highest BCUT2D eigenvalue weighted by atomic mass is 32.2. The molecule has 4 rings (SSSR count). The van der Waals surface area contributed by atoms with Gasteiger partial charge in [-0.15, -0.1) is 0 Å². The Bertz CT molecular complexity index is 1760. The third-order valence-electron chi connectivity index (χ3n) is 8.70. The molecule has 0 bridgehead atoms. The first kappa shape index (κ1) is 38.3. The van der Waals surface area contributed by atoms with Gasteiger partial charge in [-0.1, -0.05) is 25.5 Å². The van der Waals surface area contributed by atoms with Crippen LogP contribution in [-0.2, 0) is 30.8 Å². The van der Waals surface area contributed by atoms with Gasteiger partial charge in [0, 0.05) is 43.6 Å². The Morgan fingerprint density at radius 3 is 2.36 bits per heavy atom. The first-order chi connectivity index (χ1) is 23.8. The molecule has 0 aliphatic carbocycles. The molecule has 14 heteroatoms. The quantitative estimate of drug-likeness (QED) is 0.141. The van der Waals surface area contributed by atoms with Crippen LogP contribution in [0.3, 0.4) is 0 Å². The maximum atomic E-state index is 13.5. The summed E-state index contributed by atoms with van der Waals surface area (Å²) < 4.78 is 47.7. The summed E-state index contributed by atoms with van der Waals surface area (Å²) >= 11 is 0. The number of hydrogen-bond acceptors (Lipinski definition) is 8. The highest BCUT2D eigenvalue weighted by molar-refractivity contribution is 7.89. The summed E-state index contributed by atoms with van der Waals surface area (Å²) in [5.74, 6) is -1.16. The van der Waals surface area contributed by atoms with Crippen LogP contribution < -0.4 is 21.1 Å². The lowest BCUT2D eigenvalue weighted by Gasteiger charge is -2.33. The van der Waals surface area contributed by atoms with E-state index in [2.05, 4.69) is 10.6 Å². The number of aliphatic hydroxyl groups excluding tert-OH is 1. The fraction of sp³-hybridized carbons (Fsp3) is 0.417. The van der Waals surface area contributed by atoms with E-state index in [1.807, 2.05) is 6.92 Å². The van der Waals surface area contributed by atoms with Crippen LogP contribution in [0.4, 0.5) is 21.5 Å². The van der Waals surface area contributed by atoms with Crippen LogP contribution in [0.5, 0.6) is 5.75 Å². The molecule has 0 saturated carbocycles. The molecule has 0 spiro atoms. The number of nitrogen functional groups attached to an aromatic ring is 1. The third-order valence-corrected chi connectivity index (χ3v) is 10.5. The van der Waals surface area contributed by atoms with Gasteiger partial charge >= 0.3 is 0 Å². The number of nitrogens with one attached hydrogen (secondary N) is 2. The summed E-state index contributed by atoms with van der Waals surface area (Å²) in [6.45, 7) is 3.44. The zero-order chi connectivity index (χ0) is 36.4. The van der Waals surface area contributed by atoms with Crippen molar-refractivity contribution >= 4 is 44.8 Å². The fourth-order valence-corrected chi connectivity index (χ4v) is 6.84. The molecule has 1 heterocycles. The molecule has 1 aliphatic heterocycles. The predicted octanol–water partition coefficient (Wildman–Crippen LogP) is 4.41. The number of para-hydroxylation sites is 2. The van der Waals surface area contributed by atoms with Crippen LogP contribution in [0.25, 0.3) is 0 Å². The van der Waals surface area contributed by atoms with Gasteiger partial charge in [0.25, 0.3) is 0 Å². The summed E-state index contributed by atoms with van der Waals surface area (Å²) in [7, 11) is -2.58. The molecular weight excluding hydrogens is 665 g/mol. The molecule has 270 valence electrons. The lowest BCUT2D eigenvalue weighted by Crippen LogP contribution is -2.48. The predicted molar refractivity (Wildman–Crippen MR) is 189 cm³/mol. The zero-order valence-electron chi connectivity index (χ0n) is 28.6. The van der Waals surface area contributed by atoms with Gasteiger partial charge in [0.15, 0.2) is 0 Å². The average molecular weight is 712 g/mol. The van der Waals surface area contributed by atoms with E-state index in [0.717, 1.165) is 16.4 Å². The number of unbranched alkanes of at least 4 members (excludes halogenated alkanes) is 2. The van der Waals surface area contributed by atoms with Crippen molar-refractivity contribution in [1.29, 1.82) is 0 Å². The van der Waals surface area contributed by atoms with Crippen LogP contribution in [0.2, 0.25) is 0 Å². The number of amides is 3. The third kappa shape index (κ3) is 10.2. The van der Waals surface area contributed by atoms with Gasteiger partial charge in [0.2, 0.25) is 27.7 Å². The van der Waals surface area contributed by atoms with Gasteiger partial charge in [0.05, 0.1) is 41.9 Å². The number of hydrogen-bond donors (Lipinski definition) is 4. The molecule has 0 saturated heterocycles. The Morgan fingerprint density at radius 2 is 1.70 bits per heavy atom. The second-order valence-electron chi connectivity index (χ2n) is 12.7. The average Bonchev–Trinajstić information content (AvgIpc) is 3.12. The number of anilines is 3. The number of likely N-dealkylation sites (N-methyl/N-ethyl adjacent to an activating group) is 1. The fourth-order valence-electron chi connectivity index (χ4n) is 5.66. The molecule has 3 amide bonds. The van der Waals surface area contributed by atoms with Gasteiger partial charge in [-0.3, -0.25) is 14.4 Å². The largest absolute Gasteiger partial charge is 0.488 e. The van der Waals surface area contributed by atoms with Crippen molar-refractivity contribution < 1.29 is 37.0 Å². The summed E-state index contributed by atoms with van der Waals surface area (Å²) in [5.41, 5.74) is 7.89. The monoisotopic (exact) mass is 711 g/mol. The maximum Gasteiger partial charge on any atom is 0.242 e. The second kappa shape index (κ2) is 17.4. The van der Waals surface area contributed by atoms with E-state index >= 15 is 0 Å². The van der Waals surface area contributed by atoms with E-state index in [9.17, 15) is 32.3 Å². The molecule has 5 N–H and O–H groups in total. The standard InChI is InChI=1S/C36H46FN5O7S/c1-24-21-42(25(2)23-43)36(46)20-26-19-28(39-34(44)11-5-4-6-12-35(45)40-31-10-8-7-9-30(31)38)15-18-32(26)49-33(24)22-41(3)50(47,48)29-16-13-27(37)14-17-29/h7-10,13-19,24-25,33,43H,4-6,11-12,20-23,38H2,1-3H3,(H,39,44)(H,40,45)/t24-,25+,33-/m1/s1. The SMILES string of the molecule is C[C@@H]1CN([C@@H](C)CO)C(=O)Cc2cc(NC(=O)CCCCCC(=O)Nc3ccccc3N)ccc2O[C@@H]1CN(C)S(=O)(=O)c1ccc(F)cc1. The van der Waals surface area contributed by atoms with Crippen LogP contribution in [0, 0.1) is 11.7 Å². The number of aliphatic hydroxyl groups is 1. The van der Waals surface area contributed by atoms with Crippen molar-refractivity contribution in [3.63, 3.8) is 0 Å².